The lowest BCUT2D eigenvalue weighted by Gasteiger charge is -2.31. The Bertz CT molecular complexity index is 792. The second-order valence-corrected chi connectivity index (χ2v) is 7.81. The summed E-state index contributed by atoms with van der Waals surface area (Å²) >= 11 is 1.52. The maximum absolute atomic E-state index is 12.6. The van der Waals surface area contributed by atoms with E-state index in [0.29, 0.717) is 17.1 Å². The van der Waals surface area contributed by atoms with Gasteiger partial charge >= 0.3 is 6.09 Å². The number of allylic oxidation sites excluding steroid dienone is 3. The molecule has 1 aromatic rings. The molecule has 1 saturated heterocycles. The van der Waals surface area contributed by atoms with Crippen LogP contribution in [0.4, 0.5) is 4.79 Å². The first-order valence-corrected chi connectivity index (χ1v) is 9.29. The van der Waals surface area contributed by atoms with Crippen molar-refractivity contribution in [2.75, 3.05) is 12.3 Å². The fourth-order valence-corrected chi connectivity index (χ4v) is 3.40. The maximum atomic E-state index is 12.6. The van der Waals surface area contributed by atoms with Crippen LogP contribution < -0.4 is 0 Å². The summed E-state index contributed by atoms with van der Waals surface area (Å²) in [6.07, 6.45) is 2.18. The topological polar surface area (TPSA) is 77.1 Å². The number of hydrogen-bond donors (Lipinski definition) is 0. The molecule has 6 heteroatoms. The van der Waals surface area contributed by atoms with Crippen LogP contribution in [0.5, 0.6) is 0 Å². The van der Waals surface area contributed by atoms with Gasteiger partial charge in [-0.1, -0.05) is 30.3 Å². The first kappa shape index (κ1) is 19.6. The third kappa shape index (κ3) is 5.15. The number of nitrogens with zero attached hydrogens (tertiary/aromatic N) is 3. The van der Waals surface area contributed by atoms with Gasteiger partial charge in [0.2, 0.25) is 0 Å². The van der Waals surface area contributed by atoms with Gasteiger partial charge in [-0.05, 0) is 38.8 Å². The Hall–Kier alpha value is -2.70. The highest BCUT2D eigenvalue weighted by Gasteiger charge is 2.27. The third-order valence-electron chi connectivity index (χ3n) is 3.50. The van der Waals surface area contributed by atoms with Crippen LogP contribution in [0.15, 0.2) is 47.0 Å². The molecule has 1 aliphatic heterocycles. The van der Waals surface area contributed by atoms with E-state index in [0.717, 1.165) is 17.7 Å². The Balaban J connectivity index is 2.47. The van der Waals surface area contributed by atoms with Crippen molar-refractivity contribution in [1.82, 2.24) is 4.90 Å². The monoisotopic (exact) mass is 367 g/mol. The Morgan fingerprint density at radius 2 is 1.88 bits per heavy atom. The fourth-order valence-electron chi connectivity index (χ4n) is 2.39. The summed E-state index contributed by atoms with van der Waals surface area (Å²) in [5, 5.41) is 19.4. The molecule has 2 rings (SSSR count). The zero-order valence-corrected chi connectivity index (χ0v) is 16.0. The predicted octanol–water partition coefficient (Wildman–Crippen LogP) is 4.70. The molecule has 0 spiro atoms. The van der Waals surface area contributed by atoms with E-state index in [1.807, 2.05) is 63.2 Å². The number of hydrogen-bond acceptors (Lipinski definition) is 5. The van der Waals surface area contributed by atoms with Gasteiger partial charge in [-0.25, -0.2) is 4.79 Å². The normalized spacial score (nSPS) is 15.7. The number of carbonyl (C=O) groups excluding carboxylic acids is 1. The fraction of sp³-hybridized carbons (Fsp3) is 0.350. The Kier molecular flexibility index (Phi) is 6.49. The molecule has 1 aliphatic rings. The average Bonchev–Trinajstić information content (AvgIpc) is 2.61. The molecule has 1 fully saturated rings. The molecule has 0 unspecified atom stereocenters. The van der Waals surface area contributed by atoms with Crippen molar-refractivity contribution in [3.63, 3.8) is 0 Å². The molecule has 0 bridgehead atoms. The Morgan fingerprint density at radius 3 is 2.46 bits per heavy atom. The number of amides is 1. The van der Waals surface area contributed by atoms with Crippen molar-refractivity contribution in [2.45, 2.75) is 32.8 Å². The van der Waals surface area contributed by atoms with Crippen molar-refractivity contribution >= 4 is 23.4 Å². The molecular formula is C20H21N3O2S. The average molecular weight is 367 g/mol. The van der Waals surface area contributed by atoms with E-state index >= 15 is 0 Å². The standard InChI is InChI=1S/C20H21N3O2S/c1-20(2,3)25-19(24)23-10-7-11-26-18(23)12-17(16(13-21)14-22)15-8-5-4-6-9-15/h4-6,8-9,12H,7,10-11H2,1-3H3/b18-12-. The zero-order chi connectivity index (χ0) is 19.2. The van der Waals surface area contributed by atoms with Crippen LogP contribution in [0, 0.1) is 22.7 Å². The van der Waals surface area contributed by atoms with Crippen LogP contribution in [0.2, 0.25) is 0 Å². The van der Waals surface area contributed by atoms with Crippen LogP contribution in [-0.4, -0.2) is 28.9 Å². The van der Waals surface area contributed by atoms with E-state index < -0.39 is 11.7 Å². The number of ether oxygens (including phenoxy) is 1. The molecular weight excluding hydrogens is 346 g/mol. The Labute approximate surface area is 158 Å². The van der Waals surface area contributed by atoms with Crippen molar-refractivity contribution in [3.05, 3.63) is 52.6 Å². The van der Waals surface area contributed by atoms with Gasteiger partial charge in [0.1, 0.15) is 23.3 Å². The number of carbonyl (C=O) groups is 1. The lowest BCUT2D eigenvalue weighted by molar-refractivity contribution is 0.0326. The highest BCUT2D eigenvalue weighted by molar-refractivity contribution is 8.03. The molecule has 0 atom stereocenters. The smallest absolute Gasteiger partial charge is 0.415 e. The predicted molar refractivity (Wildman–Crippen MR) is 103 cm³/mol. The van der Waals surface area contributed by atoms with Gasteiger partial charge in [-0.15, -0.1) is 11.8 Å². The maximum Gasteiger partial charge on any atom is 0.415 e. The minimum atomic E-state index is -0.590. The van der Waals surface area contributed by atoms with Gasteiger partial charge in [-0.2, -0.15) is 10.5 Å². The van der Waals surface area contributed by atoms with E-state index in [4.69, 9.17) is 4.74 Å². The van der Waals surface area contributed by atoms with Crippen LogP contribution in [0.3, 0.4) is 0 Å². The molecule has 134 valence electrons. The molecule has 0 aliphatic carbocycles. The molecule has 0 radical (unpaired) electrons. The van der Waals surface area contributed by atoms with Crippen LogP contribution in [0.1, 0.15) is 32.8 Å². The summed E-state index contributed by atoms with van der Waals surface area (Å²) in [4.78, 5) is 14.1. The number of benzene rings is 1. The largest absolute Gasteiger partial charge is 0.443 e. The number of rotatable bonds is 2. The quantitative estimate of drug-likeness (QED) is 0.708. The van der Waals surface area contributed by atoms with Gasteiger partial charge in [0.05, 0.1) is 5.03 Å². The van der Waals surface area contributed by atoms with Crippen molar-refractivity contribution < 1.29 is 9.53 Å². The summed E-state index contributed by atoms with van der Waals surface area (Å²) in [6, 6.07) is 13.1. The minimum Gasteiger partial charge on any atom is -0.443 e. The highest BCUT2D eigenvalue weighted by Crippen LogP contribution is 2.32. The summed E-state index contributed by atoms with van der Waals surface area (Å²) in [5.74, 6) is 0.863. The Morgan fingerprint density at radius 1 is 1.23 bits per heavy atom. The van der Waals surface area contributed by atoms with E-state index in [1.54, 1.807) is 11.0 Å². The van der Waals surface area contributed by atoms with Crippen LogP contribution in [0.25, 0.3) is 5.57 Å². The van der Waals surface area contributed by atoms with Gasteiger partial charge in [-0.3, -0.25) is 4.90 Å². The zero-order valence-electron chi connectivity index (χ0n) is 15.2. The lowest BCUT2D eigenvalue weighted by atomic mass is 10.0. The second kappa shape index (κ2) is 8.60. The lowest BCUT2D eigenvalue weighted by Crippen LogP contribution is -2.38. The van der Waals surface area contributed by atoms with Gasteiger partial charge < -0.3 is 4.74 Å². The highest BCUT2D eigenvalue weighted by atomic mass is 32.2. The first-order chi connectivity index (χ1) is 12.4. The summed E-state index contributed by atoms with van der Waals surface area (Å²) in [6.45, 7) is 6.02. The van der Waals surface area contributed by atoms with Gasteiger partial charge in [0.15, 0.2) is 0 Å². The molecule has 0 saturated carbocycles. The van der Waals surface area contributed by atoms with E-state index in [2.05, 4.69) is 0 Å². The number of nitriles is 2. The molecule has 1 heterocycles. The van der Waals surface area contributed by atoms with E-state index in [9.17, 15) is 15.3 Å². The van der Waals surface area contributed by atoms with Crippen LogP contribution >= 0.6 is 11.8 Å². The van der Waals surface area contributed by atoms with Gasteiger partial charge in [0, 0.05) is 17.9 Å². The summed E-state index contributed by atoms with van der Waals surface area (Å²) in [5.41, 5.74) is 0.688. The van der Waals surface area contributed by atoms with Crippen molar-refractivity contribution in [2.24, 2.45) is 0 Å². The van der Waals surface area contributed by atoms with Crippen LogP contribution in [-0.2, 0) is 4.74 Å². The SMILES string of the molecule is CC(C)(C)OC(=O)N1CCCS/C1=C\C(=C(C#N)C#N)c1ccccc1. The minimum absolute atomic E-state index is 0.0130. The molecule has 0 aromatic heterocycles. The molecule has 1 amide bonds. The first-order valence-electron chi connectivity index (χ1n) is 8.30. The molecule has 1 aromatic carbocycles. The molecule has 0 N–H and O–H groups in total. The molecule has 26 heavy (non-hydrogen) atoms. The molecule has 5 nitrogen and oxygen atoms in total. The van der Waals surface area contributed by atoms with Gasteiger partial charge in [0.25, 0.3) is 0 Å². The van der Waals surface area contributed by atoms with Crippen molar-refractivity contribution in [3.8, 4) is 12.1 Å². The summed E-state index contributed by atoms with van der Waals surface area (Å²) < 4.78 is 5.49. The number of thioether (sulfide) groups is 1. The van der Waals surface area contributed by atoms with E-state index in [-0.39, 0.29) is 5.57 Å². The van der Waals surface area contributed by atoms with E-state index in [1.165, 1.54) is 11.8 Å². The second-order valence-electron chi connectivity index (χ2n) is 6.69. The van der Waals surface area contributed by atoms with Crippen molar-refractivity contribution in [1.29, 1.82) is 10.5 Å². The summed E-state index contributed by atoms with van der Waals surface area (Å²) in [7, 11) is 0. The third-order valence-corrected chi connectivity index (χ3v) is 4.63.